The second-order valence-corrected chi connectivity index (χ2v) is 6.23. The molecule has 0 aromatic carbocycles. The van der Waals surface area contributed by atoms with Crippen molar-refractivity contribution in [2.24, 2.45) is 0 Å². The Bertz CT molecular complexity index is 742. The molecule has 2 aromatic rings. The minimum Gasteiger partial charge on any atom is -0.363 e. The van der Waals surface area contributed by atoms with Crippen LogP contribution in [0.5, 0.6) is 0 Å². The minimum atomic E-state index is -0.491. The van der Waals surface area contributed by atoms with E-state index in [-0.39, 0.29) is 18.1 Å². The number of carbonyl (C=O) groups is 1. The van der Waals surface area contributed by atoms with Crippen LogP contribution in [0.1, 0.15) is 18.4 Å². The van der Waals surface area contributed by atoms with Crippen LogP contribution in [0.4, 0.5) is 10.3 Å². The lowest BCUT2D eigenvalue weighted by Crippen LogP contribution is -2.36. The number of anilines is 1. The van der Waals surface area contributed by atoms with E-state index in [0.29, 0.717) is 18.9 Å². The van der Waals surface area contributed by atoms with Gasteiger partial charge in [-0.15, -0.1) is 0 Å². The molecular weight excluding hydrogens is 325 g/mol. The summed E-state index contributed by atoms with van der Waals surface area (Å²) in [6, 6.07) is 3.78. The fourth-order valence-electron chi connectivity index (χ4n) is 3.43. The second-order valence-electron chi connectivity index (χ2n) is 6.23. The summed E-state index contributed by atoms with van der Waals surface area (Å²) >= 11 is 0. The number of halogens is 1. The van der Waals surface area contributed by atoms with Crippen molar-refractivity contribution in [1.29, 1.82) is 0 Å². The standard InChI is InChI=1S/C17H18FN5O2/c18-12-9-21-17(22-10-12)23-5-3-14-13(23)6-15(25-14)16(24)20-8-11-2-1-4-19-7-11/h1-2,4,7,9-10,13-15H,3,5-6,8H2,(H,20,24)/t13-,14-,15+/m1/s1. The summed E-state index contributed by atoms with van der Waals surface area (Å²) in [7, 11) is 0. The molecule has 1 N–H and O–H groups in total. The number of pyridine rings is 1. The molecule has 0 unspecified atom stereocenters. The third-order valence-electron chi connectivity index (χ3n) is 4.62. The minimum absolute atomic E-state index is 0.0252. The normalized spacial score (nSPS) is 25.0. The van der Waals surface area contributed by atoms with E-state index in [1.807, 2.05) is 17.0 Å². The van der Waals surface area contributed by atoms with Gasteiger partial charge < -0.3 is 15.0 Å². The summed E-state index contributed by atoms with van der Waals surface area (Å²) in [5, 5.41) is 2.89. The van der Waals surface area contributed by atoms with E-state index < -0.39 is 11.9 Å². The van der Waals surface area contributed by atoms with Crippen LogP contribution in [0.3, 0.4) is 0 Å². The van der Waals surface area contributed by atoms with Crippen LogP contribution in [0.2, 0.25) is 0 Å². The topological polar surface area (TPSA) is 80.2 Å². The molecule has 2 aromatic heterocycles. The maximum atomic E-state index is 13.0. The van der Waals surface area contributed by atoms with Gasteiger partial charge in [0.1, 0.15) is 6.10 Å². The Morgan fingerprint density at radius 1 is 1.36 bits per heavy atom. The highest BCUT2D eigenvalue weighted by Crippen LogP contribution is 2.34. The van der Waals surface area contributed by atoms with Gasteiger partial charge in [0.15, 0.2) is 5.82 Å². The van der Waals surface area contributed by atoms with Crippen LogP contribution in [0.25, 0.3) is 0 Å². The molecule has 25 heavy (non-hydrogen) atoms. The molecule has 7 nitrogen and oxygen atoms in total. The molecule has 0 radical (unpaired) electrons. The van der Waals surface area contributed by atoms with Crippen LogP contribution in [0, 0.1) is 5.82 Å². The third-order valence-corrected chi connectivity index (χ3v) is 4.62. The van der Waals surface area contributed by atoms with Crippen LogP contribution >= 0.6 is 0 Å². The van der Waals surface area contributed by atoms with E-state index in [4.69, 9.17) is 4.74 Å². The summed E-state index contributed by atoms with van der Waals surface area (Å²) in [6.07, 6.45) is 6.59. The number of ether oxygens (including phenoxy) is 1. The van der Waals surface area contributed by atoms with Crippen molar-refractivity contribution in [2.45, 2.75) is 37.6 Å². The average Bonchev–Trinajstić information content (AvgIpc) is 3.22. The zero-order valence-corrected chi connectivity index (χ0v) is 13.5. The largest absolute Gasteiger partial charge is 0.363 e. The van der Waals surface area contributed by atoms with Gasteiger partial charge in [-0.2, -0.15) is 0 Å². The van der Waals surface area contributed by atoms with E-state index in [9.17, 15) is 9.18 Å². The van der Waals surface area contributed by atoms with E-state index in [1.54, 1.807) is 12.4 Å². The van der Waals surface area contributed by atoms with Gasteiger partial charge in [0, 0.05) is 31.9 Å². The molecule has 0 spiro atoms. The molecule has 0 saturated carbocycles. The van der Waals surface area contributed by atoms with Crippen molar-refractivity contribution in [3.05, 3.63) is 48.3 Å². The first kappa shape index (κ1) is 15.9. The first-order chi connectivity index (χ1) is 12.2. The second kappa shape index (κ2) is 6.72. The van der Waals surface area contributed by atoms with E-state index in [0.717, 1.165) is 30.9 Å². The molecule has 0 aliphatic carbocycles. The highest BCUT2D eigenvalue weighted by Gasteiger charge is 2.46. The monoisotopic (exact) mass is 343 g/mol. The molecule has 2 saturated heterocycles. The highest BCUT2D eigenvalue weighted by atomic mass is 19.1. The van der Waals surface area contributed by atoms with Crippen LogP contribution < -0.4 is 10.2 Å². The number of aromatic nitrogens is 3. The third kappa shape index (κ3) is 3.30. The Labute approximate surface area is 144 Å². The van der Waals surface area contributed by atoms with Gasteiger partial charge in [-0.25, -0.2) is 14.4 Å². The van der Waals surface area contributed by atoms with Crippen molar-refractivity contribution in [1.82, 2.24) is 20.3 Å². The maximum absolute atomic E-state index is 13.0. The predicted molar refractivity (Wildman–Crippen MR) is 87.1 cm³/mol. The number of hydrogen-bond acceptors (Lipinski definition) is 6. The number of nitrogens with one attached hydrogen (secondary N) is 1. The summed E-state index contributed by atoms with van der Waals surface area (Å²) in [6.45, 7) is 1.16. The van der Waals surface area contributed by atoms with Gasteiger partial charge in [0.25, 0.3) is 0 Å². The average molecular weight is 343 g/mol. The molecule has 4 heterocycles. The van der Waals surface area contributed by atoms with Crippen molar-refractivity contribution < 1.29 is 13.9 Å². The lowest BCUT2D eigenvalue weighted by molar-refractivity contribution is -0.132. The Hall–Kier alpha value is -2.61. The van der Waals surface area contributed by atoms with E-state index in [2.05, 4.69) is 20.3 Å². The molecule has 4 rings (SSSR count). The number of fused-ring (bicyclic) bond motifs is 1. The Morgan fingerprint density at radius 2 is 2.20 bits per heavy atom. The molecule has 3 atom stereocenters. The van der Waals surface area contributed by atoms with Crippen molar-refractivity contribution in [3.8, 4) is 0 Å². The fourth-order valence-corrected chi connectivity index (χ4v) is 3.43. The lowest BCUT2D eigenvalue weighted by atomic mass is 10.1. The van der Waals surface area contributed by atoms with Crippen molar-refractivity contribution in [2.75, 3.05) is 11.4 Å². The zero-order chi connectivity index (χ0) is 17.2. The maximum Gasteiger partial charge on any atom is 0.249 e. The van der Waals surface area contributed by atoms with E-state index >= 15 is 0 Å². The molecule has 2 aliphatic rings. The summed E-state index contributed by atoms with van der Waals surface area (Å²) in [5.74, 6) is -0.109. The molecule has 130 valence electrons. The highest BCUT2D eigenvalue weighted by molar-refractivity contribution is 5.81. The van der Waals surface area contributed by atoms with Crippen LogP contribution in [-0.4, -0.2) is 45.7 Å². The van der Waals surface area contributed by atoms with Crippen molar-refractivity contribution >= 4 is 11.9 Å². The number of hydrogen-bond donors (Lipinski definition) is 1. The zero-order valence-electron chi connectivity index (χ0n) is 13.5. The quantitative estimate of drug-likeness (QED) is 0.894. The first-order valence-electron chi connectivity index (χ1n) is 8.27. The summed E-state index contributed by atoms with van der Waals surface area (Å²) in [4.78, 5) is 26.5. The van der Waals surface area contributed by atoms with Gasteiger partial charge in [-0.3, -0.25) is 9.78 Å². The lowest BCUT2D eigenvalue weighted by Gasteiger charge is -2.22. The predicted octanol–water partition coefficient (Wildman–Crippen LogP) is 1.06. The Kier molecular flexibility index (Phi) is 4.27. The van der Waals surface area contributed by atoms with E-state index in [1.165, 1.54) is 0 Å². The number of rotatable bonds is 4. The smallest absolute Gasteiger partial charge is 0.249 e. The van der Waals surface area contributed by atoms with Crippen LogP contribution in [0.15, 0.2) is 36.9 Å². The molecule has 0 bridgehead atoms. The Morgan fingerprint density at radius 3 is 2.96 bits per heavy atom. The van der Waals surface area contributed by atoms with Gasteiger partial charge in [0.05, 0.1) is 24.5 Å². The molecule has 1 amide bonds. The summed E-state index contributed by atoms with van der Waals surface area (Å²) in [5.41, 5.74) is 0.940. The number of nitrogens with zero attached hydrogens (tertiary/aromatic N) is 4. The number of carbonyl (C=O) groups excluding carboxylic acids is 1. The van der Waals surface area contributed by atoms with Gasteiger partial charge in [-0.05, 0) is 18.1 Å². The molecule has 8 heteroatoms. The van der Waals surface area contributed by atoms with Gasteiger partial charge in [-0.1, -0.05) is 6.07 Å². The Balaban J connectivity index is 1.37. The molecule has 2 fully saturated rings. The van der Waals surface area contributed by atoms with Crippen molar-refractivity contribution in [3.63, 3.8) is 0 Å². The van der Waals surface area contributed by atoms with Gasteiger partial charge >= 0.3 is 0 Å². The molecular formula is C17H18FN5O2. The first-order valence-corrected chi connectivity index (χ1v) is 8.27. The fraction of sp³-hybridized carbons (Fsp3) is 0.412. The molecule has 2 aliphatic heterocycles. The van der Waals surface area contributed by atoms with Gasteiger partial charge in [0.2, 0.25) is 11.9 Å². The SMILES string of the molecule is O=C(NCc1cccnc1)[C@@H]1C[C@@H]2[C@@H](CCN2c2ncc(F)cn2)O1. The number of amides is 1. The van der Waals surface area contributed by atoms with Crippen LogP contribution in [-0.2, 0) is 16.1 Å². The summed E-state index contributed by atoms with van der Waals surface area (Å²) < 4.78 is 18.9.